The van der Waals surface area contributed by atoms with Crippen LogP contribution in [0.4, 0.5) is 4.39 Å². The van der Waals surface area contributed by atoms with Gasteiger partial charge in [-0.2, -0.15) is 5.10 Å². The lowest BCUT2D eigenvalue weighted by Crippen LogP contribution is -2.39. The van der Waals surface area contributed by atoms with Gasteiger partial charge in [-0.05, 0) is 17.7 Å². The van der Waals surface area contributed by atoms with Crippen LogP contribution in [0.1, 0.15) is 17.4 Å². The molecule has 2 heterocycles. The Bertz CT molecular complexity index is 514. The van der Waals surface area contributed by atoms with Gasteiger partial charge in [0.15, 0.2) is 0 Å². The minimum atomic E-state index is -0.220. The Morgan fingerprint density at radius 1 is 1.37 bits per heavy atom. The molecule has 1 aliphatic rings. The summed E-state index contributed by atoms with van der Waals surface area (Å²) in [4.78, 5) is 6.40. The summed E-state index contributed by atoms with van der Waals surface area (Å²) in [7, 11) is 0. The lowest BCUT2D eigenvalue weighted by Gasteiger charge is -2.35. The number of hydrogen-bond donors (Lipinski definition) is 1. The van der Waals surface area contributed by atoms with Gasteiger partial charge in [-0.25, -0.2) is 9.37 Å². The van der Waals surface area contributed by atoms with Crippen molar-refractivity contribution in [2.45, 2.75) is 12.6 Å². The van der Waals surface area contributed by atoms with E-state index in [4.69, 9.17) is 4.74 Å². The van der Waals surface area contributed by atoms with Crippen LogP contribution in [-0.2, 0) is 11.3 Å². The molecule has 2 aromatic rings. The molecule has 0 radical (unpaired) electrons. The SMILES string of the molecule is Fc1ccc([C@H]2COCCN2Cc2ncn[nH]2)cc1. The number of rotatable bonds is 3. The Morgan fingerprint density at radius 3 is 2.95 bits per heavy atom. The summed E-state index contributed by atoms with van der Waals surface area (Å²) in [5, 5.41) is 6.72. The zero-order chi connectivity index (χ0) is 13.1. The summed E-state index contributed by atoms with van der Waals surface area (Å²) >= 11 is 0. The molecule has 1 aliphatic heterocycles. The number of nitrogens with zero attached hydrogens (tertiary/aromatic N) is 3. The third-order valence-corrected chi connectivity index (χ3v) is 3.31. The van der Waals surface area contributed by atoms with E-state index >= 15 is 0 Å². The molecule has 1 aromatic carbocycles. The van der Waals surface area contributed by atoms with Crippen LogP contribution >= 0.6 is 0 Å². The maximum atomic E-state index is 13.0. The largest absolute Gasteiger partial charge is 0.378 e. The smallest absolute Gasteiger partial charge is 0.138 e. The summed E-state index contributed by atoms with van der Waals surface area (Å²) in [6.45, 7) is 2.82. The van der Waals surface area contributed by atoms with Crippen LogP contribution < -0.4 is 0 Å². The first-order valence-electron chi connectivity index (χ1n) is 6.24. The number of aromatic nitrogens is 3. The summed E-state index contributed by atoms with van der Waals surface area (Å²) in [5.74, 6) is 0.608. The van der Waals surface area contributed by atoms with E-state index < -0.39 is 0 Å². The highest BCUT2D eigenvalue weighted by Crippen LogP contribution is 2.25. The van der Waals surface area contributed by atoms with Crippen LogP contribution in [0.3, 0.4) is 0 Å². The van der Waals surface area contributed by atoms with Crippen molar-refractivity contribution in [3.8, 4) is 0 Å². The molecule has 6 heteroatoms. The standard InChI is InChI=1S/C13H15FN4O/c14-11-3-1-10(2-4-11)12-8-19-6-5-18(12)7-13-15-9-16-17-13/h1-4,9,12H,5-8H2,(H,15,16,17)/t12-/m1/s1. The van der Waals surface area contributed by atoms with Gasteiger partial charge in [-0.15, -0.1) is 0 Å². The molecule has 100 valence electrons. The summed E-state index contributed by atoms with van der Waals surface area (Å²) in [6.07, 6.45) is 1.50. The van der Waals surface area contributed by atoms with E-state index in [1.54, 1.807) is 0 Å². The fourth-order valence-corrected chi connectivity index (χ4v) is 2.32. The van der Waals surface area contributed by atoms with Crippen LogP contribution in [0, 0.1) is 5.82 Å². The molecule has 1 atom stereocenters. The molecule has 0 amide bonds. The van der Waals surface area contributed by atoms with Gasteiger partial charge in [0, 0.05) is 6.54 Å². The number of hydrogen-bond acceptors (Lipinski definition) is 4. The highest BCUT2D eigenvalue weighted by atomic mass is 19.1. The molecule has 1 fully saturated rings. The van der Waals surface area contributed by atoms with Crippen LogP contribution in [0.15, 0.2) is 30.6 Å². The maximum absolute atomic E-state index is 13.0. The van der Waals surface area contributed by atoms with Crippen LogP contribution in [-0.4, -0.2) is 39.8 Å². The van der Waals surface area contributed by atoms with Gasteiger partial charge < -0.3 is 4.74 Å². The number of H-pyrrole nitrogens is 1. The van der Waals surface area contributed by atoms with Crippen LogP contribution in [0.5, 0.6) is 0 Å². The average molecular weight is 262 g/mol. The van der Waals surface area contributed by atoms with E-state index in [9.17, 15) is 4.39 Å². The van der Waals surface area contributed by atoms with E-state index in [-0.39, 0.29) is 11.9 Å². The van der Waals surface area contributed by atoms with Crippen LogP contribution in [0.2, 0.25) is 0 Å². The van der Waals surface area contributed by atoms with Crippen molar-refractivity contribution < 1.29 is 9.13 Å². The Kier molecular flexibility index (Phi) is 3.52. The lowest BCUT2D eigenvalue weighted by molar-refractivity contribution is -0.0138. The van der Waals surface area contributed by atoms with Gasteiger partial charge in [0.25, 0.3) is 0 Å². The maximum Gasteiger partial charge on any atom is 0.138 e. The zero-order valence-electron chi connectivity index (χ0n) is 10.4. The van der Waals surface area contributed by atoms with Gasteiger partial charge in [-0.3, -0.25) is 10.00 Å². The van der Waals surface area contributed by atoms with E-state index in [0.717, 1.165) is 17.9 Å². The van der Waals surface area contributed by atoms with Gasteiger partial charge in [0.1, 0.15) is 18.0 Å². The summed E-state index contributed by atoms with van der Waals surface area (Å²) < 4.78 is 18.5. The molecule has 3 rings (SSSR count). The van der Waals surface area contributed by atoms with Gasteiger partial charge >= 0.3 is 0 Å². The number of benzene rings is 1. The van der Waals surface area contributed by atoms with Gasteiger partial charge in [0.05, 0.1) is 25.8 Å². The van der Waals surface area contributed by atoms with Crippen molar-refractivity contribution in [1.82, 2.24) is 20.1 Å². The fourth-order valence-electron chi connectivity index (χ4n) is 2.32. The molecular weight excluding hydrogens is 247 g/mol. The minimum absolute atomic E-state index is 0.124. The second-order valence-corrected chi connectivity index (χ2v) is 4.54. The molecule has 5 nitrogen and oxygen atoms in total. The highest BCUT2D eigenvalue weighted by Gasteiger charge is 2.25. The van der Waals surface area contributed by atoms with Crippen LogP contribution in [0.25, 0.3) is 0 Å². The Balaban J connectivity index is 1.78. The quantitative estimate of drug-likeness (QED) is 0.911. The normalized spacial score (nSPS) is 20.6. The second kappa shape index (κ2) is 5.46. The van der Waals surface area contributed by atoms with E-state index in [1.807, 2.05) is 12.1 Å². The predicted octanol–water partition coefficient (Wildman–Crippen LogP) is 1.52. The van der Waals surface area contributed by atoms with Crippen molar-refractivity contribution in [3.05, 3.63) is 47.8 Å². The van der Waals surface area contributed by atoms with Crippen molar-refractivity contribution in [2.24, 2.45) is 0 Å². The van der Waals surface area contributed by atoms with Crippen molar-refractivity contribution in [2.75, 3.05) is 19.8 Å². The summed E-state index contributed by atoms with van der Waals surface area (Å²) in [6, 6.07) is 6.71. The Hall–Kier alpha value is -1.79. The first-order valence-corrected chi connectivity index (χ1v) is 6.24. The lowest BCUT2D eigenvalue weighted by atomic mass is 10.0. The van der Waals surface area contributed by atoms with Crippen molar-refractivity contribution in [1.29, 1.82) is 0 Å². The Morgan fingerprint density at radius 2 is 2.21 bits per heavy atom. The highest BCUT2D eigenvalue weighted by molar-refractivity contribution is 5.20. The molecular formula is C13H15FN4O. The third-order valence-electron chi connectivity index (χ3n) is 3.31. The molecule has 0 unspecified atom stereocenters. The zero-order valence-corrected chi connectivity index (χ0v) is 10.4. The van der Waals surface area contributed by atoms with Gasteiger partial charge in [-0.1, -0.05) is 12.1 Å². The molecule has 1 N–H and O–H groups in total. The predicted molar refractivity (Wildman–Crippen MR) is 66.8 cm³/mol. The summed E-state index contributed by atoms with van der Waals surface area (Å²) in [5.41, 5.74) is 1.06. The molecule has 0 spiro atoms. The number of aromatic amines is 1. The first kappa shape index (κ1) is 12.3. The molecule has 0 aliphatic carbocycles. The second-order valence-electron chi connectivity index (χ2n) is 4.54. The average Bonchev–Trinajstić information content (AvgIpc) is 2.93. The number of morpholine rings is 1. The molecule has 19 heavy (non-hydrogen) atoms. The van der Waals surface area contributed by atoms with Crippen molar-refractivity contribution >= 4 is 0 Å². The van der Waals surface area contributed by atoms with Gasteiger partial charge in [0.2, 0.25) is 0 Å². The van der Waals surface area contributed by atoms with E-state index in [0.29, 0.717) is 19.8 Å². The molecule has 0 bridgehead atoms. The molecule has 1 saturated heterocycles. The third kappa shape index (κ3) is 2.80. The van der Waals surface area contributed by atoms with E-state index in [2.05, 4.69) is 20.1 Å². The van der Waals surface area contributed by atoms with Crippen molar-refractivity contribution in [3.63, 3.8) is 0 Å². The first-order chi connectivity index (χ1) is 9.33. The fraction of sp³-hybridized carbons (Fsp3) is 0.385. The topological polar surface area (TPSA) is 54.0 Å². The molecule has 1 aromatic heterocycles. The molecule has 0 saturated carbocycles. The monoisotopic (exact) mass is 262 g/mol. The number of halogens is 1. The van der Waals surface area contributed by atoms with E-state index in [1.165, 1.54) is 18.5 Å². The minimum Gasteiger partial charge on any atom is -0.378 e. The number of ether oxygens (including phenoxy) is 1. The Labute approximate surface area is 110 Å². The number of nitrogens with one attached hydrogen (secondary N) is 1.